The zero-order valence-corrected chi connectivity index (χ0v) is 25.0. The molecule has 0 amide bonds. The molecule has 0 aromatic heterocycles. The predicted octanol–water partition coefficient (Wildman–Crippen LogP) is 1.13. The Labute approximate surface area is 242 Å². The van der Waals surface area contributed by atoms with Crippen molar-refractivity contribution in [2.45, 2.75) is 70.4 Å². The van der Waals surface area contributed by atoms with Crippen LogP contribution in [0.5, 0.6) is 0 Å². The van der Waals surface area contributed by atoms with Gasteiger partial charge in [0.25, 0.3) is 8.32 Å². The molecule has 38 heavy (non-hydrogen) atoms. The first-order chi connectivity index (χ1) is 17.7. The Morgan fingerprint density at radius 2 is 1.39 bits per heavy atom. The van der Waals surface area contributed by atoms with Gasteiger partial charge in [-0.2, -0.15) is 0 Å². The fourth-order valence-electron chi connectivity index (χ4n) is 6.33. The Hall–Kier alpha value is -2.23. The van der Waals surface area contributed by atoms with Crippen LogP contribution >= 0.6 is 0 Å². The van der Waals surface area contributed by atoms with Crippen LogP contribution < -0.4 is 44.8 Å². The van der Waals surface area contributed by atoms with Crippen molar-refractivity contribution in [1.29, 1.82) is 0 Å². The fourth-order valence-corrected chi connectivity index (χ4v) is 10.9. The summed E-state index contributed by atoms with van der Waals surface area (Å²) in [6, 6.07) is 29.2. The van der Waals surface area contributed by atoms with E-state index >= 15 is 0 Å². The van der Waals surface area contributed by atoms with Crippen molar-refractivity contribution in [2.75, 3.05) is 13.2 Å². The topological polar surface area (TPSA) is 35.5 Å². The largest absolute Gasteiger partial charge is 1.00 e. The van der Waals surface area contributed by atoms with E-state index in [1.165, 1.54) is 23.2 Å². The molecule has 0 saturated heterocycles. The second-order valence-corrected chi connectivity index (χ2v) is 15.7. The van der Waals surface area contributed by atoms with Crippen LogP contribution in [0.3, 0.4) is 0 Å². The number of nitrogens with zero attached hydrogens (tertiary/aromatic N) is 1. The van der Waals surface area contributed by atoms with E-state index in [1.807, 2.05) is 24.3 Å². The van der Waals surface area contributed by atoms with Gasteiger partial charge < -0.3 is 14.4 Å². The number of hydrogen-bond donors (Lipinski definition) is 0. The van der Waals surface area contributed by atoms with Crippen LogP contribution in [0.15, 0.2) is 84.9 Å². The van der Waals surface area contributed by atoms with Gasteiger partial charge in [-0.25, -0.2) is 0 Å². The molecule has 1 fully saturated rings. The minimum atomic E-state index is -2.67. The Kier molecular flexibility index (Phi) is 10.2. The first kappa shape index (κ1) is 30.3. The van der Waals surface area contributed by atoms with E-state index in [2.05, 4.69) is 99.8 Å². The van der Waals surface area contributed by atoms with E-state index in [0.29, 0.717) is 18.4 Å². The summed E-state index contributed by atoms with van der Waals surface area (Å²) < 4.78 is 7.19. The van der Waals surface area contributed by atoms with Gasteiger partial charge in [0.1, 0.15) is 0 Å². The molecule has 0 heterocycles. The van der Waals surface area contributed by atoms with Crippen molar-refractivity contribution < 1.29 is 28.4 Å². The molecule has 0 atom stereocenters. The third-order valence-electron chi connectivity index (χ3n) is 8.31. The first-order valence-corrected chi connectivity index (χ1v) is 15.6. The maximum atomic E-state index is 14.1. The Morgan fingerprint density at radius 3 is 1.87 bits per heavy atom. The molecule has 0 bridgehead atoms. The molecule has 1 saturated carbocycles. The quantitative estimate of drug-likeness (QED) is 0.398. The normalized spacial score (nSPS) is 16.0. The van der Waals surface area contributed by atoms with E-state index in [-0.39, 0.29) is 35.3 Å². The summed E-state index contributed by atoms with van der Waals surface area (Å²) in [6.07, 6.45) is 5.39. The summed E-state index contributed by atoms with van der Waals surface area (Å²) in [5, 5.41) is 18.0. The van der Waals surface area contributed by atoms with Crippen molar-refractivity contribution in [3.8, 4) is 0 Å². The zero-order valence-electron chi connectivity index (χ0n) is 24.0. The van der Waals surface area contributed by atoms with Crippen molar-refractivity contribution in [1.82, 2.24) is 4.90 Å². The summed E-state index contributed by atoms with van der Waals surface area (Å²) >= 11 is 0. The average Bonchev–Trinajstić information content (AvgIpc) is 3.39. The molecule has 0 N–H and O–H groups in total. The number of benzene rings is 3. The van der Waals surface area contributed by atoms with Crippen LogP contribution in [0.1, 0.15) is 59.8 Å². The second kappa shape index (κ2) is 12.8. The third-order valence-corrected chi connectivity index (χ3v) is 13.4. The Bertz CT molecular complexity index is 1230. The number of rotatable bonds is 9. The van der Waals surface area contributed by atoms with E-state index < -0.39 is 8.32 Å². The fraction of sp³-hybridized carbons (Fsp3) is 0.394. The summed E-state index contributed by atoms with van der Waals surface area (Å²) in [4.78, 5) is 2.14. The summed E-state index contributed by atoms with van der Waals surface area (Å²) in [5.74, 6) is 0.0837. The molecule has 0 radical (unpaired) electrons. The van der Waals surface area contributed by atoms with Crippen LogP contribution in [-0.2, 0) is 4.43 Å². The standard InChI is InChI=1S/C33H43NO2Si.Li/c1-6-33(23-15-16-24-33)34(31(35)30-22-14-13-17-27(30)2)25-26-36-37(32(3,4)5,28-18-9-7-10-19-28)29-20-11-8-12-21-29;/h7-14,17-22,35H,2,6,15-16,23-26H2,1,3-5H3;/q;+1/p-1/b31-30-;. The monoisotopic (exact) mass is 519 g/mol. The molecule has 0 aliphatic heterocycles. The Morgan fingerprint density at radius 1 is 0.895 bits per heavy atom. The number of hydrogen-bond acceptors (Lipinski definition) is 3. The molecule has 196 valence electrons. The van der Waals surface area contributed by atoms with Crippen LogP contribution in [0.25, 0.3) is 12.5 Å². The van der Waals surface area contributed by atoms with Gasteiger partial charge in [-0.05, 0) is 51.0 Å². The van der Waals surface area contributed by atoms with Crippen molar-refractivity contribution in [2.24, 2.45) is 0 Å². The maximum Gasteiger partial charge on any atom is 1.00 e. The average molecular weight is 520 g/mol. The molecule has 3 nitrogen and oxygen atoms in total. The SMILES string of the molecule is C=c1cccc/c1=C(/[O-])N(CCO[Si](c1ccccc1)(c1ccccc1)C(C)(C)C)C1(CC)CCCC1.[Li+]. The first-order valence-electron chi connectivity index (χ1n) is 13.7. The van der Waals surface area contributed by atoms with Crippen molar-refractivity contribution in [3.05, 3.63) is 95.4 Å². The second-order valence-electron chi connectivity index (χ2n) is 11.4. The van der Waals surface area contributed by atoms with Crippen molar-refractivity contribution in [3.63, 3.8) is 0 Å². The van der Waals surface area contributed by atoms with E-state index in [0.717, 1.165) is 24.5 Å². The summed E-state index contributed by atoms with van der Waals surface area (Å²) in [7, 11) is -2.67. The van der Waals surface area contributed by atoms with E-state index in [4.69, 9.17) is 4.43 Å². The van der Waals surface area contributed by atoms with Gasteiger partial charge in [0.05, 0.1) is 6.61 Å². The molecule has 5 heteroatoms. The Balaban J connectivity index is 0.00000400. The predicted molar refractivity (Wildman–Crippen MR) is 156 cm³/mol. The molecule has 0 spiro atoms. The third kappa shape index (κ3) is 5.85. The summed E-state index contributed by atoms with van der Waals surface area (Å²) in [5.41, 5.74) is -0.117. The molecule has 4 rings (SSSR count). The maximum absolute atomic E-state index is 14.1. The van der Waals surface area contributed by atoms with E-state index in [9.17, 15) is 5.11 Å². The van der Waals surface area contributed by atoms with Gasteiger partial charge in [0, 0.05) is 12.1 Å². The molecular formula is C33H42LiNO2Si. The smallest absolute Gasteiger partial charge is 0.860 e. The molecule has 3 aromatic rings. The molecular weight excluding hydrogens is 477 g/mol. The van der Waals surface area contributed by atoms with Crippen LogP contribution in [0.2, 0.25) is 5.04 Å². The van der Waals surface area contributed by atoms with Gasteiger partial charge in [-0.3, -0.25) is 0 Å². The minimum absolute atomic E-state index is 0. The zero-order chi connectivity index (χ0) is 26.5. The molecule has 0 unspecified atom stereocenters. The molecule has 1 aliphatic rings. The molecule has 3 aromatic carbocycles. The van der Waals surface area contributed by atoms with Gasteiger partial charge >= 0.3 is 18.9 Å². The van der Waals surface area contributed by atoms with Gasteiger partial charge in [0.2, 0.25) is 0 Å². The van der Waals surface area contributed by atoms with Crippen molar-refractivity contribution >= 4 is 31.2 Å². The van der Waals surface area contributed by atoms with Crippen LogP contribution in [0.4, 0.5) is 0 Å². The van der Waals surface area contributed by atoms with Crippen LogP contribution in [0, 0.1) is 0 Å². The van der Waals surface area contributed by atoms with E-state index in [1.54, 1.807) is 0 Å². The molecule has 1 aliphatic carbocycles. The van der Waals surface area contributed by atoms with Gasteiger partial charge in [0.15, 0.2) is 0 Å². The summed E-state index contributed by atoms with van der Waals surface area (Å²) in [6.45, 7) is 14.4. The van der Waals surface area contributed by atoms with Gasteiger partial charge in [-0.1, -0.05) is 132 Å². The van der Waals surface area contributed by atoms with Gasteiger partial charge in [-0.15, -0.1) is 0 Å². The van der Waals surface area contributed by atoms with Crippen LogP contribution in [-0.4, -0.2) is 31.9 Å². The minimum Gasteiger partial charge on any atom is -0.860 e.